The van der Waals surface area contributed by atoms with E-state index in [1.165, 1.54) is 18.4 Å². The van der Waals surface area contributed by atoms with Crippen LogP contribution in [-0.4, -0.2) is 27.2 Å². The number of pyridine rings is 1. The highest BCUT2D eigenvalue weighted by Gasteiger charge is 2.17. The van der Waals surface area contributed by atoms with Crippen LogP contribution in [0.4, 0.5) is 0 Å². The van der Waals surface area contributed by atoms with Gasteiger partial charge >= 0.3 is 0 Å². The molecule has 4 nitrogen and oxygen atoms in total. The number of hydrogen-bond acceptors (Lipinski definition) is 3. The van der Waals surface area contributed by atoms with Crippen LogP contribution in [0.2, 0.25) is 0 Å². The minimum absolute atomic E-state index is 0.577. The first-order valence-corrected chi connectivity index (χ1v) is 5.86. The second-order valence-corrected chi connectivity index (χ2v) is 4.55. The molecule has 1 atom stereocenters. The summed E-state index contributed by atoms with van der Waals surface area (Å²) in [7, 11) is 0. The van der Waals surface area contributed by atoms with Gasteiger partial charge in [0.1, 0.15) is 5.82 Å². The molecule has 0 bridgehead atoms. The van der Waals surface area contributed by atoms with E-state index in [9.17, 15) is 0 Å². The molecule has 2 aromatic heterocycles. The van der Waals surface area contributed by atoms with Crippen molar-refractivity contribution in [3.8, 4) is 0 Å². The van der Waals surface area contributed by atoms with Gasteiger partial charge in [0.05, 0.1) is 0 Å². The van der Waals surface area contributed by atoms with Crippen molar-refractivity contribution in [1.82, 2.24) is 19.9 Å². The van der Waals surface area contributed by atoms with Crippen LogP contribution in [0.1, 0.15) is 24.2 Å². The first-order chi connectivity index (χ1) is 7.83. The van der Waals surface area contributed by atoms with Crippen molar-refractivity contribution < 1.29 is 0 Å². The van der Waals surface area contributed by atoms with E-state index in [1.54, 1.807) is 0 Å². The van der Waals surface area contributed by atoms with E-state index in [-0.39, 0.29) is 0 Å². The summed E-state index contributed by atoms with van der Waals surface area (Å²) in [5, 5.41) is 12.0. The number of rotatable bonds is 2. The van der Waals surface area contributed by atoms with Crippen LogP contribution in [0.15, 0.2) is 18.3 Å². The summed E-state index contributed by atoms with van der Waals surface area (Å²) in [6.07, 6.45) is 5.62. The minimum Gasteiger partial charge on any atom is -0.314 e. The fraction of sp³-hybridized carbons (Fsp3) is 0.500. The smallest absolute Gasteiger partial charge is 0.160 e. The van der Waals surface area contributed by atoms with Gasteiger partial charge in [-0.1, -0.05) is 6.07 Å². The quantitative estimate of drug-likeness (QED) is 0.823. The number of nitrogens with zero attached hydrogens (tertiary/aromatic N) is 3. The van der Waals surface area contributed by atoms with E-state index in [0.29, 0.717) is 6.04 Å². The van der Waals surface area contributed by atoms with Gasteiger partial charge in [-0.2, -0.15) is 0 Å². The Morgan fingerprint density at radius 2 is 2.38 bits per heavy atom. The van der Waals surface area contributed by atoms with Crippen LogP contribution in [0.3, 0.4) is 0 Å². The molecule has 84 valence electrons. The average Bonchev–Trinajstić information content (AvgIpc) is 2.90. The van der Waals surface area contributed by atoms with E-state index in [4.69, 9.17) is 0 Å². The lowest BCUT2D eigenvalue weighted by Gasteiger charge is -2.08. The molecule has 1 fully saturated rings. The monoisotopic (exact) mass is 216 g/mol. The van der Waals surface area contributed by atoms with Gasteiger partial charge in [0.15, 0.2) is 5.65 Å². The van der Waals surface area contributed by atoms with Crippen molar-refractivity contribution >= 4 is 5.65 Å². The highest BCUT2D eigenvalue weighted by molar-refractivity contribution is 5.39. The third-order valence-corrected chi connectivity index (χ3v) is 3.21. The Balaban J connectivity index is 1.93. The topological polar surface area (TPSA) is 42.2 Å². The number of hydrogen-bond donors (Lipinski definition) is 1. The first-order valence-electron chi connectivity index (χ1n) is 5.86. The summed E-state index contributed by atoms with van der Waals surface area (Å²) in [5.41, 5.74) is 2.19. The zero-order valence-corrected chi connectivity index (χ0v) is 9.48. The molecule has 3 rings (SSSR count). The molecule has 2 aromatic rings. The van der Waals surface area contributed by atoms with Crippen molar-refractivity contribution in [1.29, 1.82) is 0 Å². The first kappa shape index (κ1) is 9.78. The Morgan fingerprint density at radius 1 is 1.44 bits per heavy atom. The molecular formula is C12H16N4. The molecule has 0 saturated carbocycles. The molecule has 1 N–H and O–H groups in total. The summed E-state index contributed by atoms with van der Waals surface area (Å²) >= 11 is 0. The summed E-state index contributed by atoms with van der Waals surface area (Å²) in [6, 6.07) is 4.67. The van der Waals surface area contributed by atoms with Gasteiger partial charge in [-0.25, -0.2) is 0 Å². The van der Waals surface area contributed by atoms with Gasteiger partial charge in [0.25, 0.3) is 0 Å². The van der Waals surface area contributed by atoms with Gasteiger partial charge < -0.3 is 5.32 Å². The third kappa shape index (κ3) is 1.69. The Hall–Kier alpha value is -1.42. The van der Waals surface area contributed by atoms with Crippen LogP contribution in [0.25, 0.3) is 5.65 Å². The highest BCUT2D eigenvalue weighted by atomic mass is 15.2. The fourth-order valence-electron chi connectivity index (χ4n) is 2.33. The Labute approximate surface area is 94.7 Å². The van der Waals surface area contributed by atoms with Crippen molar-refractivity contribution in [3.63, 3.8) is 0 Å². The van der Waals surface area contributed by atoms with E-state index < -0.39 is 0 Å². The largest absolute Gasteiger partial charge is 0.314 e. The highest BCUT2D eigenvalue weighted by Crippen LogP contribution is 2.12. The molecule has 3 heterocycles. The van der Waals surface area contributed by atoms with Gasteiger partial charge in [-0.15, -0.1) is 10.2 Å². The SMILES string of the molecule is Cc1ccc2nnc(CC3CCCN3)n2c1. The maximum Gasteiger partial charge on any atom is 0.160 e. The van der Waals surface area contributed by atoms with E-state index in [1.807, 2.05) is 6.07 Å². The lowest BCUT2D eigenvalue weighted by molar-refractivity contribution is 0.582. The third-order valence-electron chi connectivity index (χ3n) is 3.21. The number of aryl methyl sites for hydroxylation is 1. The number of fused-ring (bicyclic) bond motifs is 1. The van der Waals surface area contributed by atoms with Gasteiger partial charge in [-0.3, -0.25) is 4.40 Å². The maximum atomic E-state index is 4.27. The van der Waals surface area contributed by atoms with E-state index >= 15 is 0 Å². The normalized spacial score (nSPS) is 20.7. The predicted octanol–water partition coefficient (Wildman–Crippen LogP) is 1.33. The molecular weight excluding hydrogens is 200 g/mol. The molecule has 1 aliphatic rings. The standard InChI is InChI=1S/C12H16N4/c1-9-4-5-11-14-15-12(16(11)8-9)7-10-3-2-6-13-10/h4-5,8,10,13H,2-3,6-7H2,1H3. The molecule has 0 spiro atoms. The Morgan fingerprint density at radius 3 is 3.19 bits per heavy atom. The maximum absolute atomic E-state index is 4.27. The lowest BCUT2D eigenvalue weighted by atomic mass is 10.1. The summed E-state index contributed by atoms with van der Waals surface area (Å²) < 4.78 is 2.11. The van der Waals surface area contributed by atoms with Gasteiger partial charge in [0.2, 0.25) is 0 Å². The second kappa shape index (κ2) is 3.87. The van der Waals surface area contributed by atoms with Crippen molar-refractivity contribution in [2.45, 2.75) is 32.2 Å². The van der Waals surface area contributed by atoms with Crippen LogP contribution in [0.5, 0.6) is 0 Å². The Bertz CT molecular complexity index is 497. The summed E-state index contributed by atoms with van der Waals surface area (Å²) in [5.74, 6) is 1.07. The molecule has 0 amide bonds. The fourth-order valence-corrected chi connectivity index (χ4v) is 2.33. The zero-order valence-electron chi connectivity index (χ0n) is 9.48. The molecule has 4 heteroatoms. The Kier molecular flexibility index (Phi) is 2.36. The van der Waals surface area contributed by atoms with Crippen molar-refractivity contribution in [2.24, 2.45) is 0 Å². The summed E-state index contributed by atoms with van der Waals surface area (Å²) in [6.45, 7) is 3.23. The van der Waals surface area contributed by atoms with E-state index in [2.05, 4.69) is 39.1 Å². The molecule has 0 aromatic carbocycles. The van der Waals surface area contributed by atoms with Gasteiger partial charge in [0, 0.05) is 18.7 Å². The average molecular weight is 216 g/mol. The van der Waals surface area contributed by atoms with Gasteiger partial charge in [-0.05, 0) is 37.9 Å². The van der Waals surface area contributed by atoms with Crippen LogP contribution in [0, 0.1) is 6.92 Å². The summed E-state index contributed by atoms with van der Waals surface area (Å²) in [4.78, 5) is 0. The minimum atomic E-state index is 0.577. The van der Waals surface area contributed by atoms with Crippen LogP contribution < -0.4 is 5.32 Å². The molecule has 0 radical (unpaired) electrons. The van der Waals surface area contributed by atoms with Crippen LogP contribution >= 0.6 is 0 Å². The molecule has 0 aliphatic carbocycles. The molecule has 1 unspecified atom stereocenters. The van der Waals surface area contributed by atoms with Crippen molar-refractivity contribution in [3.05, 3.63) is 29.7 Å². The number of nitrogens with one attached hydrogen (secondary N) is 1. The zero-order chi connectivity index (χ0) is 11.0. The lowest BCUT2D eigenvalue weighted by Crippen LogP contribution is -2.24. The predicted molar refractivity (Wildman–Crippen MR) is 62.5 cm³/mol. The van der Waals surface area contributed by atoms with Crippen molar-refractivity contribution in [2.75, 3.05) is 6.54 Å². The van der Waals surface area contributed by atoms with E-state index in [0.717, 1.165) is 24.4 Å². The number of aromatic nitrogens is 3. The molecule has 1 aliphatic heterocycles. The second-order valence-electron chi connectivity index (χ2n) is 4.55. The molecule has 1 saturated heterocycles. The molecule has 16 heavy (non-hydrogen) atoms. The van der Waals surface area contributed by atoms with Crippen LogP contribution in [-0.2, 0) is 6.42 Å².